The van der Waals surface area contributed by atoms with Crippen molar-refractivity contribution in [2.24, 2.45) is 5.92 Å². The highest BCUT2D eigenvalue weighted by Crippen LogP contribution is 2.43. The number of benzene rings is 1. The number of nitrogens with zero attached hydrogens (tertiary/aromatic N) is 3. The van der Waals surface area contributed by atoms with Gasteiger partial charge < -0.3 is 4.90 Å². The summed E-state index contributed by atoms with van der Waals surface area (Å²) in [5, 5.41) is 0. The van der Waals surface area contributed by atoms with Crippen LogP contribution in [-0.2, 0) is 12.8 Å². The van der Waals surface area contributed by atoms with Gasteiger partial charge in [-0.3, -0.25) is 4.90 Å². The molecule has 2 heterocycles. The van der Waals surface area contributed by atoms with Crippen LogP contribution >= 0.6 is 0 Å². The third-order valence-electron chi connectivity index (χ3n) is 5.80. The van der Waals surface area contributed by atoms with Crippen molar-refractivity contribution in [3.8, 4) is 0 Å². The third kappa shape index (κ3) is 2.82. The molecule has 1 fully saturated rings. The van der Waals surface area contributed by atoms with Crippen molar-refractivity contribution < 1.29 is 0 Å². The second-order valence-electron chi connectivity index (χ2n) is 7.32. The van der Waals surface area contributed by atoms with Gasteiger partial charge in [0.2, 0.25) is 0 Å². The summed E-state index contributed by atoms with van der Waals surface area (Å²) in [4.78, 5) is 8.92. The molecule has 2 aromatic rings. The van der Waals surface area contributed by atoms with E-state index in [1.54, 1.807) is 0 Å². The maximum atomic E-state index is 4.62. The van der Waals surface area contributed by atoms with E-state index in [1.807, 2.05) is 12.3 Å². The molecule has 0 amide bonds. The number of hydrogen-bond acceptors (Lipinski definition) is 3. The Bertz CT molecular complexity index is 790. The quantitative estimate of drug-likeness (QED) is 0.743. The van der Waals surface area contributed by atoms with Gasteiger partial charge in [-0.25, -0.2) is 4.98 Å². The lowest BCUT2D eigenvalue weighted by atomic mass is 9.93. The lowest BCUT2D eigenvalue weighted by Crippen LogP contribution is -2.21. The van der Waals surface area contributed by atoms with E-state index in [0.29, 0.717) is 0 Å². The van der Waals surface area contributed by atoms with E-state index in [0.717, 1.165) is 29.7 Å². The Morgan fingerprint density at radius 1 is 1.16 bits per heavy atom. The summed E-state index contributed by atoms with van der Waals surface area (Å²) in [7, 11) is 2.06. The summed E-state index contributed by atoms with van der Waals surface area (Å²) >= 11 is 0. The molecular formula is C22H27N3. The predicted octanol–water partition coefficient (Wildman–Crippen LogP) is 5.44. The average molecular weight is 333 g/mol. The largest absolute Gasteiger partial charge is 0.328 e. The molecular weight excluding hydrogens is 306 g/mol. The van der Waals surface area contributed by atoms with E-state index in [4.69, 9.17) is 0 Å². The van der Waals surface area contributed by atoms with Gasteiger partial charge in [0.25, 0.3) is 0 Å². The highest BCUT2D eigenvalue weighted by Gasteiger charge is 2.30. The number of aromatic nitrogens is 1. The first-order valence-electron chi connectivity index (χ1n) is 9.48. The second-order valence-corrected chi connectivity index (χ2v) is 7.32. The van der Waals surface area contributed by atoms with E-state index < -0.39 is 0 Å². The molecule has 0 bridgehead atoms. The van der Waals surface area contributed by atoms with Crippen molar-refractivity contribution in [3.05, 3.63) is 60.1 Å². The minimum atomic E-state index is 0.857. The Kier molecular flexibility index (Phi) is 4.24. The summed E-state index contributed by atoms with van der Waals surface area (Å²) in [6.07, 6.45) is 9.74. The number of pyridine rings is 1. The van der Waals surface area contributed by atoms with Gasteiger partial charge in [0.15, 0.2) is 5.82 Å². The Morgan fingerprint density at radius 3 is 2.72 bits per heavy atom. The van der Waals surface area contributed by atoms with Crippen LogP contribution in [0.15, 0.2) is 48.9 Å². The third-order valence-corrected chi connectivity index (χ3v) is 5.80. The van der Waals surface area contributed by atoms with Crippen LogP contribution in [0.4, 0.5) is 17.2 Å². The molecule has 0 unspecified atom stereocenters. The molecule has 0 spiro atoms. The molecule has 0 atom stereocenters. The van der Waals surface area contributed by atoms with E-state index in [1.165, 1.54) is 48.9 Å². The Morgan fingerprint density at radius 2 is 1.96 bits per heavy atom. The van der Waals surface area contributed by atoms with Crippen molar-refractivity contribution in [1.82, 2.24) is 4.98 Å². The molecule has 3 heteroatoms. The van der Waals surface area contributed by atoms with E-state index in [2.05, 4.69) is 59.6 Å². The van der Waals surface area contributed by atoms with Crippen molar-refractivity contribution >= 4 is 17.2 Å². The smallest absolute Gasteiger partial charge is 0.162 e. The standard InChI is InChI=1S/C22H27N3/c1-4-18-11-12-20(15-19(18)14-17-8-5-6-9-17)25-16(2)24(3)21-10-7-13-23-22(21)25/h7,10-13,15,17H,2,4-6,8-9,14H2,1,3H3. The molecule has 1 aliphatic heterocycles. The number of rotatable bonds is 4. The van der Waals surface area contributed by atoms with Gasteiger partial charge in [-0.15, -0.1) is 0 Å². The van der Waals surface area contributed by atoms with Crippen molar-refractivity contribution in [2.75, 3.05) is 16.8 Å². The fraction of sp³-hybridized carbons (Fsp3) is 0.409. The average Bonchev–Trinajstić information content (AvgIpc) is 3.23. The number of hydrogen-bond donors (Lipinski definition) is 0. The first kappa shape index (κ1) is 16.2. The van der Waals surface area contributed by atoms with Crippen LogP contribution in [-0.4, -0.2) is 12.0 Å². The molecule has 3 nitrogen and oxygen atoms in total. The SMILES string of the molecule is C=C1N(C)c2cccnc2N1c1ccc(CC)c(CC2CCCC2)c1. The van der Waals surface area contributed by atoms with Crippen molar-refractivity contribution in [2.45, 2.75) is 45.4 Å². The lowest BCUT2D eigenvalue weighted by molar-refractivity contribution is 0.544. The summed E-state index contributed by atoms with van der Waals surface area (Å²) in [6.45, 7) is 6.55. The second kappa shape index (κ2) is 6.55. The summed E-state index contributed by atoms with van der Waals surface area (Å²) < 4.78 is 0. The van der Waals surface area contributed by atoms with Crippen molar-refractivity contribution in [1.29, 1.82) is 0 Å². The monoisotopic (exact) mass is 333 g/mol. The van der Waals surface area contributed by atoms with Crippen molar-refractivity contribution in [3.63, 3.8) is 0 Å². The fourth-order valence-electron chi connectivity index (χ4n) is 4.32. The molecule has 0 saturated heterocycles. The van der Waals surface area contributed by atoms with E-state index in [-0.39, 0.29) is 0 Å². The van der Waals surface area contributed by atoms with E-state index in [9.17, 15) is 0 Å². The summed E-state index contributed by atoms with van der Waals surface area (Å²) in [6, 6.07) is 11.0. The molecule has 1 saturated carbocycles. The topological polar surface area (TPSA) is 19.4 Å². The fourth-order valence-corrected chi connectivity index (χ4v) is 4.32. The first-order valence-corrected chi connectivity index (χ1v) is 9.48. The van der Waals surface area contributed by atoms with Gasteiger partial charge in [-0.2, -0.15) is 0 Å². The number of fused-ring (bicyclic) bond motifs is 1. The van der Waals surface area contributed by atoms with E-state index >= 15 is 0 Å². The zero-order valence-electron chi connectivity index (χ0n) is 15.3. The molecule has 25 heavy (non-hydrogen) atoms. The van der Waals surface area contributed by atoms with Crippen LogP contribution in [0.2, 0.25) is 0 Å². The highest BCUT2D eigenvalue weighted by molar-refractivity contribution is 5.85. The van der Waals surface area contributed by atoms with Crippen LogP contribution in [0.5, 0.6) is 0 Å². The Labute approximate surface area is 151 Å². The minimum absolute atomic E-state index is 0.857. The number of aryl methyl sites for hydroxylation is 1. The van der Waals surface area contributed by atoms with Crippen LogP contribution in [0.25, 0.3) is 0 Å². The first-order chi connectivity index (χ1) is 12.2. The van der Waals surface area contributed by atoms with Gasteiger partial charge in [-0.1, -0.05) is 45.3 Å². The molecule has 2 aliphatic rings. The summed E-state index contributed by atoms with van der Waals surface area (Å²) in [5.41, 5.74) is 5.28. The minimum Gasteiger partial charge on any atom is -0.328 e. The van der Waals surface area contributed by atoms with Crippen LogP contribution in [0.1, 0.15) is 43.7 Å². The molecule has 1 aliphatic carbocycles. The van der Waals surface area contributed by atoms with Crippen LogP contribution in [0.3, 0.4) is 0 Å². The molecule has 1 aromatic heterocycles. The molecule has 4 rings (SSSR count). The van der Waals surface area contributed by atoms with Crippen LogP contribution < -0.4 is 9.80 Å². The zero-order valence-corrected chi connectivity index (χ0v) is 15.3. The zero-order chi connectivity index (χ0) is 17.4. The maximum absolute atomic E-state index is 4.62. The number of anilines is 3. The Hall–Kier alpha value is -2.29. The van der Waals surface area contributed by atoms with Gasteiger partial charge >= 0.3 is 0 Å². The molecule has 130 valence electrons. The van der Waals surface area contributed by atoms with Gasteiger partial charge in [0, 0.05) is 18.9 Å². The lowest BCUT2D eigenvalue weighted by Gasteiger charge is -2.23. The highest BCUT2D eigenvalue weighted by atomic mass is 15.4. The van der Waals surface area contributed by atoms with Gasteiger partial charge in [-0.05, 0) is 54.2 Å². The van der Waals surface area contributed by atoms with Gasteiger partial charge in [0.1, 0.15) is 5.82 Å². The summed E-state index contributed by atoms with van der Waals surface area (Å²) in [5.74, 6) is 2.80. The molecule has 0 radical (unpaired) electrons. The molecule has 1 aromatic carbocycles. The molecule has 0 N–H and O–H groups in total. The van der Waals surface area contributed by atoms with Crippen LogP contribution in [0, 0.1) is 5.92 Å². The van der Waals surface area contributed by atoms with Gasteiger partial charge in [0.05, 0.1) is 5.69 Å². The maximum Gasteiger partial charge on any atom is 0.162 e. The normalized spacial score (nSPS) is 17.4. The Balaban J connectivity index is 1.72. The predicted molar refractivity (Wildman–Crippen MR) is 105 cm³/mol.